The summed E-state index contributed by atoms with van der Waals surface area (Å²) < 4.78 is 10.1. The molecule has 0 spiro atoms. The van der Waals surface area contributed by atoms with Gasteiger partial charge in [0.2, 0.25) is 0 Å². The maximum atomic E-state index is 9.28. The first kappa shape index (κ1) is 7.58. The van der Waals surface area contributed by atoms with E-state index in [1.807, 2.05) is 18.2 Å². The maximum Gasteiger partial charge on any atom is 0.181 e. The first-order chi connectivity index (χ1) is 5.81. The molecular formula is C9H10O3. The Morgan fingerprint density at radius 2 is 2.42 bits per heavy atom. The minimum Gasteiger partial charge on any atom is -0.497 e. The Balaban J connectivity index is 2.41. The number of benzene rings is 1. The van der Waals surface area contributed by atoms with Crippen molar-refractivity contribution in [1.82, 2.24) is 0 Å². The molecule has 1 aromatic rings. The average molecular weight is 166 g/mol. The molecule has 12 heavy (non-hydrogen) atoms. The van der Waals surface area contributed by atoms with Crippen LogP contribution in [0.3, 0.4) is 0 Å². The van der Waals surface area contributed by atoms with E-state index >= 15 is 0 Å². The van der Waals surface area contributed by atoms with Crippen molar-refractivity contribution in [2.45, 2.75) is 12.9 Å². The number of fused-ring (bicyclic) bond motifs is 1. The van der Waals surface area contributed by atoms with Gasteiger partial charge in [-0.15, -0.1) is 0 Å². The number of rotatable bonds is 1. The normalized spacial score (nSPS) is 20.7. The summed E-state index contributed by atoms with van der Waals surface area (Å²) in [7, 11) is 1.62. The zero-order valence-corrected chi connectivity index (χ0v) is 6.78. The number of hydrogen-bond acceptors (Lipinski definition) is 3. The second-order valence-corrected chi connectivity index (χ2v) is 2.73. The topological polar surface area (TPSA) is 38.7 Å². The van der Waals surface area contributed by atoms with Crippen LogP contribution in [0.5, 0.6) is 5.75 Å². The average Bonchev–Trinajstić information content (AvgIpc) is 2.47. The van der Waals surface area contributed by atoms with Gasteiger partial charge in [0, 0.05) is 5.56 Å². The largest absolute Gasteiger partial charge is 0.497 e. The summed E-state index contributed by atoms with van der Waals surface area (Å²) in [5.41, 5.74) is 1.85. The van der Waals surface area contributed by atoms with Crippen molar-refractivity contribution in [3.05, 3.63) is 29.3 Å². The molecule has 0 amide bonds. The van der Waals surface area contributed by atoms with Crippen LogP contribution in [0.25, 0.3) is 0 Å². The monoisotopic (exact) mass is 166 g/mol. The highest BCUT2D eigenvalue weighted by molar-refractivity contribution is 5.37. The Labute approximate surface area is 70.5 Å². The summed E-state index contributed by atoms with van der Waals surface area (Å²) in [5, 5.41) is 9.28. The van der Waals surface area contributed by atoms with Crippen molar-refractivity contribution in [1.29, 1.82) is 0 Å². The lowest BCUT2D eigenvalue weighted by molar-refractivity contribution is -0.0918. The molecule has 2 rings (SSSR count). The highest BCUT2D eigenvalue weighted by Crippen LogP contribution is 2.30. The smallest absolute Gasteiger partial charge is 0.181 e. The van der Waals surface area contributed by atoms with Crippen LogP contribution in [-0.4, -0.2) is 12.2 Å². The van der Waals surface area contributed by atoms with Gasteiger partial charge in [-0.3, -0.25) is 0 Å². The Morgan fingerprint density at radius 1 is 1.58 bits per heavy atom. The first-order valence-electron chi connectivity index (χ1n) is 3.78. The van der Waals surface area contributed by atoms with Crippen LogP contribution < -0.4 is 4.74 Å². The fourth-order valence-electron chi connectivity index (χ4n) is 1.33. The molecule has 3 heteroatoms. The Bertz CT molecular complexity index is 296. The molecule has 1 unspecified atom stereocenters. The fraction of sp³-hybridized carbons (Fsp3) is 0.333. The van der Waals surface area contributed by atoms with Crippen molar-refractivity contribution in [2.75, 3.05) is 7.11 Å². The summed E-state index contributed by atoms with van der Waals surface area (Å²) in [6.45, 7) is 0.466. The minimum absolute atomic E-state index is 0.466. The number of aliphatic hydroxyl groups is 1. The molecule has 3 nitrogen and oxygen atoms in total. The second-order valence-electron chi connectivity index (χ2n) is 2.73. The van der Waals surface area contributed by atoms with E-state index in [1.54, 1.807) is 7.11 Å². The van der Waals surface area contributed by atoms with Gasteiger partial charge in [0.25, 0.3) is 0 Å². The van der Waals surface area contributed by atoms with E-state index in [1.165, 1.54) is 0 Å². The quantitative estimate of drug-likeness (QED) is 0.681. The van der Waals surface area contributed by atoms with Gasteiger partial charge in [0.15, 0.2) is 6.29 Å². The van der Waals surface area contributed by atoms with Crippen LogP contribution in [0, 0.1) is 0 Å². The predicted octanol–water partition coefficient (Wildman–Crippen LogP) is 1.22. The highest BCUT2D eigenvalue weighted by atomic mass is 16.6. The zero-order valence-electron chi connectivity index (χ0n) is 6.78. The SMILES string of the molecule is COc1ccc2c(c1)COC2O. The van der Waals surface area contributed by atoms with Crippen LogP contribution in [-0.2, 0) is 11.3 Å². The standard InChI is InChI=1S/C9H10O3/c1-11-7-2-3-8-6(4-7)5-12-9(8)10/h2-4,9-10H,5H2,1H3. The van der Waals surface area contributed by atoms with E-state index < -0.39 is 6.29 Å². The summed E-state index contributed by atoms with van der Waals surface area (Å²) >= 11 is 0. The summed E-state index contributed by atoms with van der Waals surface area (Å²) in [6.07, 6.45) is -0.758. The molecule has 0 bridgehead atoms. The maximum absolute atomic E-state index is 9.28. The van der Waals surface area contributed by atoms with E-state index in [4.69, 9.17) is 9.47 Å². The summed E-state index contributed by atoms with van der Waals surface area (Å²) in [5.74, 6) is 0.798. The molecule has 1 aliphatic heterocycles. The molecule has 1 aromatic carbocycles. The third kappa shape index (κ3) is 1.07. The van der Waals surface area contributed by atoms with Gasteiger partial charge in [0.1, 0.15) is 5.75 Å². The van der Waals surface area contributed by atoms with Crippen molar-refractivity contribution in [2.24, 2.45) is 0 Å². The highest BCUT2D eigenvalue weighted by Gasteiger charge is 2.20. The molecule has 0 aliphatic carbocycles. The van der Waals surface area contributed by atoms with E-state index in [0.717, 1.165) is 16.9 Å². The molecular weight excluding hydrogens is 156 g/mol. The Hall–Kier alpha value is -1.06. The summed E-state index contributed by atoms with van der Waals surface area (Å²) in [4.78, 5) is 0. The van der Waals surface area contributed by atoms with Crippen LogP contribution in [0.4, 0.5) is 0 Å². The van der Waals surface area contributed by atoms with E-state index in [0.29, 0.717) is 6.61 Å². The first-order valence-corrected chi connectivity index (χ1v) is 3.78. The zero-order chi connectivity index (χ0) is 8.55. The van der Waals surface area contributed by atoms with Gasteiger partial charge in [0.05, 0.1) is 13.7 Å². The Morgan fingerprint density at radius 3 is 3.17 bits per heavy atom. The molecule has 0 saturated carbocycles. The predicted molar refractivity (Wildman–Crippen MR) is 42.7 cm³/mol. The fourth-order valence-corrected chi connectivity index (χ4v) is 1.33. The molecule has 0 aromatic heterocycles. The van der Waals surface area contributed by atoms with Gasteiger partial charge >= 0.3 is 0 Å². The van der Waals surface area contributed by atoms with E-state index in [2.05, 4.69) is 0 Å². The molecule has 1 N–H and O–H groups in total. The van der Waals surface area contributed by atoms with Gasteiger partial charge in [-0.2, -0.15) is 0 Å². The molecule has 1 atom stereocenters. The van der Waals surface area contributed by atoms with Gasteiger partial charge in [-0.1, -0.05) is 0 Å². The molecule has 1 heterocycles. The van der Waals surface area contributed by atoms with Crippen molar-refractivity contribution in [3.63, 3.8) is 0 Å². The third-order valence-electron chi connectivity index (χ3n) is 2.01. The number of ether oxygens (including phenoxy) is 2. The third-order valence-corrected chi connectivity index (χ3v) is 2.01. The van der Waals surface area contributed by atoms with Crippen molar-refractivity contribution in [3.8, 4) is 5.75 Å². The number of methoxy groups -OCH3 is 1. The molecule has 64 valence electrons. The number of hydrogen-bond donors (Lipinski definition) is 1. The van der Waals surface area contributed by atoms with Crippen molar-refractivity contribution >= 4 is 0 Å². The Kier molecular flexibility index (Phi) is 1.75. The van der Waals surface area contributed by atoms with Crippen molar-refractivity contribution < 1.29 is 14.6 Å². The second kappa shape index (κ2) is 2.77. The van der Waals surface area contributed by atoms with Crippen LogP contribution >= 0.6 is 0 Å². The lowest BCUT2D eigenvalue weighted by Crippen LogP contribution is -1.92. The molecule has 0 saturated heterocycles. The molecule has 0 radical (unpaired) electrons. The molecule has 1 aliphatic rings. The van der Waals surface area contributed by atoms with Crippen LogP contribution in [0.15, 0.2) is 18.2 Å². The lowest BCUT2D eigenvalue weighted by atomic mass is 10.1. The summed E-state index contributed by atoms with van der Waals surface area (Å²) in [6, 6.07) is 5.52. The number of aliphatic hydroxyl groups excluding tert-OH is 1. The minimum atomic E-state index is -0.758. The lowest BCUT2D eigenvalue weighted by Gasteiger charge is -2.03. The van der Waals surface area contributed by atoms with Gasteiger partial charge < -0.3 is 14.6 Å². The van der Waals surface area contributed by atoms with Crippen LogP contribution in [0.2, 0.25) is 0 Å². The van der Waals surface area contributed by atoms with Crippen LogP contribution in [0.1, 0.15) is 17.4 Å². The van der Waals surface area contributed by atoms with E-state index in [9.17, 15) is 5.11 Å². The van der Waals surface area contributed by atoms with Gasteiger partial charge in [-0.25, -0.2) is 0 Å². The molecule has 0 fully saturated rings. The van der Waals surface area contributed by atoms with Gasteiger partial charge in [-0.05, 0) is 23.8 Å². The van der Waals surface area contributed by atoms with E-state index in [-0.39, 0.29) is 0 Å².